The molecule has 4 nitrogen and oxygen atoms in total. The number of nitrogens with zero attached hydrogens (tertiary/aromatic N) is 1. The van der Waals surface area contributed by atoms with Crippen LogP contribution in [-0.4, -0.2) is 11.1 Å². The highest BCUT2D eigenvalue weighted by Gasteiger charge is 2.15. The second-order valence-corrected chi connectivity index (χ2v) is 4.66. The zero-order valence-corrected chi connectivity index (χ0v) is 11.4. The molecule has 0 aliphatic heterocycles. The van der Waals surface area contributed by atoms with Gasteiger partial charge in [0.15, 0.2) is 0 Å². The van der Waals surface area contributed by atoms with E-state index in [0.29, 0.717) is 22.0 Å². The van der Waals surface area contributed by atoms with Gasteiger partial charge in [0.1, 0.15) is 11.3 Å². The topological polar surface area (TPSA) is 55.1 Å². The second kappa shape index (κ2) is 6.38. The number of carbonyl (C=O) groups is 1. The van der Waals surface area contributed by atoms with Crippen molar-refractivity contribution in [3.63, 3.8) is 0 Å². The van der Waals surface area contributed by atoms with Gasteiger partial charge in [-0.25, -0.2) is 0 Å². The molecule has 0 aliphatic rings. The molecule has 1 N–H and O–H groups in total. The van der Waals surface area contributed by atoms with Crippen LogP contribution in [0, 0.1) is 0 Å². The van der Waals surface area contributed by atoms with E-state index in [4.69, 9.17) is 16.1 Å². The Labute approximate surface area is 116 Å². The van der Waals surface area contributed by atoms with Gasteiger partial charge in [-0.1, -0.05) is 30.1 Å². The Morgan fingerprint density at radius 1 is 1.37 bits per heavy atom. The average molecular weight is 279 g/mol. The maximum absolute atomic E-state index is 12.1. The zero-order valence-electron chi connectivity index (χ0n) is 10.6. The normalized spacial score (nSPS) is 10.4. The fourth-order valence-corrected chi connectivity index (χ4v) is 1.82. The van der Waals surface area contributed by atoms with Crippen molar-refractivity contribution in [2.45, 2.75) is 26.2 Å². The SMILES string of the molecule is CCCCc1oncc1C(=O)Nc1ccc(Cl)cc1. The molecule has 0 unspecified atom stereocenters. The number of amides is 1. The maximum Gasteiger partial charge on any atom is 0.260 e. The molecular formula is C14H15ClN2O2. The first-order valence-electron chi connectivity index (χ1n) is 6.21. The van der Waals surface area contributed by atoms with Crippen LogP contribution in [0.25, 0.3) is 0 Å². The van der Waals surface area contributed by atoms with Gasteiger partial charge in [-0.2, -0.15) is 0 Å². The van der Waals surface area contributed by atoms with Gasteiger partial charge in [-0.3, -0.25) is 4.79 Å². The van der Waals surface area contributed by atoms with Crippen LogP contribution in [0.4, 0.5) is 5.69 Å². The minimum absolute atomic E-state index is 0.213. The van der Waals surface area contributed by atoms with E-state index >= 15 is 0 Å². The van der Waals surface area contributed by atoms with Gasteiger partial charge < -0.3 is 9.84 Å². The van der Waals surface area contributed by atoms with E-state index in [9.17, 15) is 4.79 Å². The Bertz CT molecular complexity index is 549. The second-order valence-electron chi connectivity index (χ2n) is 4.23. The highest BCUT2D eigenvalue weighted by Crippen LogP contribution is 2.17. The summed E-state index contributed by atoms with van der Waals surface area (Å²) in [6.07, 6.45) is 4.19. The molecule has 19 heavy (non-hydrogen) atoms. The Balaban J connectivity index is 2.07. The summed E-state index contributed by atoms with van der Waals surface area (Å²) in [6, 6.07) is 6.95. The minimum Gasteiger partial charge on any atom is -0.361 e. The summed E-state index contributed by atoms with van der Waals surface area (Å²) in [5.41, 5.74) is 1.18. The summed E-state index contributed by atoms with van der Waals surface area (Å²) < 4.78 is 5.11. The molecule has 100 valence electrons. The number of anilines is 1. The summed E-state index contributed by atoms with van der Waals surface area (Å²) >= 11 is 5.79. The van der Waals surface area contributed by atoms with Gasteiger partial charge in [-0.15, -0.1) is 0 Å². The van der Waals surface area contributed by atoms with Crippen LogP contribution in [-0.2, 0) is 6.42 Å². The van der Waals surface area contributed by atoms with E-state index in [0.717, 1.165) is 19.3 Å². The predicted octanol–water partition coefficient (Wildman–Crippen LogP) is 3.92. The lowest BCUT2D eigenvalue weighted by molar-refractivity contribution is 0.102. The van der Waals surface area contributed by atoms with Crippen LogP contribution >= 0.6 is 11.6 Å². The first-order valence-corrected chi connectivity index (χ1v) is 6.59. The number of hydrogen-bond acceptors (Lipinski definition) is 3. The lowest BCUT2D eigenvalue weighted by Gasteiger charge is -2.04. The zero-order chi connectivity index (χ0) is 13.7. The van der Waals surface area contributed by atoms with Crippen LogP contribution in [0.5, 0.6) is 0 Å². The number of benzene rings is 1. The van der Waals surface area contributed by atoms with Crippen LogP contribution in [0.15, 0.2) is 35.0 Å². The van der Waals surface area contributed by atoms with Crippen LogP contribution in [0.1, 0.15) is 35.9 Å². The molecule has 0 spiro atoms. The number of carbonyl (C=O) groups excluding carboxylic acids is 1. The third-order valence-electron chi connectivity index (χ3n) is 2.75. The molecule has 1 amide bonds. The van der Waals surface area contributed by atoms with E-state index in [1.807, 2.05) is 0 Å². The molecule has 0 atom stereocenters. The summed E-state index contributed by atoms with van der Waals surface area (Å²) in [6.45, 7) is 2.09. The third-order valence-corrected chi connectivity index (χ3v) is 3.00. The molecule has 1 aromatic heterocycles. The first-order chi connectivity index (χ1) is 9.20. The number of aromatic nitrogens is 1. The molecule has 0 aliphatic carbocycles. The quantitative estimate of drug-likeness (QED) is 0.902. The van der Waals surface area contributed by atoms with E-state index < -0.39 is 0 Å². The van der Waals surface area contributed by atoms with E-state index in [1.54, 1.807) is 24.3 Å². The van der Waals surface area contributed by atoms with Gasteiger partial charge >= 0.3 is 0 Å². The molecule has 0 radical (unpaired) electrons. The van der Waals surface area contributed by atoms with Crippen molar-refractivity contribution in [2.75, 3.05) is 5.32 Å². The molecule has 2 aromatic rings. The fraction of sp³-hybridized carbons (Fsp3) is 0.286. The molecule has 2 rings (SSSR count). The van der Waals surface area contributed by atoms with Crippen molar-refractivity contribution in [2.24, 2.45) is 0 Å². The number of aryl methyl sites for hydroxylation is 1. The molecule has 5 heteroatoms. The van der Waals surface area contributed by atoms with Crippen molar-refractivity contribution >= 4 is 23.2 Å². The highest BCUT2D eigenvalue weighted by molar-refractivity contribution is 6.30. The monoisotopic (exact) mass is 278 g/mol. The predicted molar refractivity (Wildman–Crippen MR) is 74.5 cm³/mol. The standard InChI is InChI=1S/C14H15ClN2O2/c1-2-3-4-13-12(9-16-19-13)14(18)17-11-7-5-10(15)6-8-11/h5-9H,2-4H2,1H3,(H,17,18). The van der Waals surface area contributed by atoms with Gasteiger partial charge in [0.25, 0.3) is 5.91 Å². The van der Waals surface area contributed by atoms with E-state index in [1.165, 1.54) is 6.20 Å². The van der Waals surface area contributed by atoms with E-state index in [-0.39, 0.29) is 5.91 Å². The molecule has 0 bridgehead atoms. The number of rotatable bonds is 5. The Kier molecular flexibility index (Phi) is 4.58. The minimum atomic E-state index is -0.213. The summed E-state index contributed by atoms with van der Waals surface area (Å²) in [5.74, 6) is 0.419. The molecule has 0 saturated carbocycles. The Hall–Kier alpha value is -1.81. The molecule has 0 saturated heterocycles. The summed E-state index contributed by atoms with van der Waals surface area (Å²) in [5, 5.41) is 7.12. The van der Waals surface area contributed by atoms with Gasteiger partial charge in [0.2, 0.25) is 0 Å². The Morgan fingerprint density at radius 3 is 2.79 bits per heavy atom. The number of unbranched alkanes of at least 4 members (excludes halogenated alkanes) is 1. The van der Waals surface area contributed by atoms with Crippen molar-refractivity contribution in [1.29, 1.82) is 0 Å². The lowest BCUT2D eigenvalue weighted by Crippen LogP contribution is -2.12. The number of halogens is 1. The Morgan fingerprint density at radius 2 is 2.11 bits per heavy atom. The smallest absolute Gasteiger partial charge is 0.260 e. The first kappa shape index (κ1) is 13.6. The molecule has 1 aromatic carbocycles. The summed E-state index contributed by atoms with van der Waals surface area (Å²) in [7, 11) is 0. The molecule has 0 fully saturated rings. The number of hydrogen-bond donors (Lipinski definition) is 1. The highest BCUT2D eigenvalue weighted by atomic mass is 35.5. The van der Waals surface area contributed by atoms with Gasteiger partial charge in [0, 0.05) is 17.1 Å². The third kappa shape index (κ3) is 3.58. The van der Waals surface area contributed by atoms with Crippen molar-refractivity contribution in [1.82, 2.24) is 5.16 Å². The van der Waals surface area contributed by atoms with Crippen LogP contribution in [0.3, 0.4) is 0 Å². The van der Waals surface area contributed by atoms with E-state index in [2.05, 4.69) is 17.4 Å². The van der Waals surface area contributed by atoms with Crippen LogP contribution < -0.4 is 5.32 Å². The largest absolute Gasteiger partial charge is 0.361 e. The van der Waals surface area contributed by atoms with Crippen LogP contribution in [0.2, 0.25) is 5.02 Å². The summed E-state index contributed by atoms with van der Waals surface area (Å²) in [4.78, 5) is 12.1. The van der Waals surface area contributed by atoms with Gasteiger partial charge in [-0.05, 0) is 30.7 Å². The number of nitrogens with one attached hydrogen (secondary N) is 1. The van der Waals surface area contributed by atoms with Crippen molar-refractivity contribution < 1.29 is 9.32 Å². The van der Waals surface area contributed by atoms with Crippen molar-refractivity contribution in [3.8, 4) is 0 Å². The van der Waals surface area contributed by atoms with Crippen molar-refractivity contribution in [3.05, 3.63) is 46.8 Å². The maximum atomic E-state index is 12.1. The van der Waals surface area contributed by atoms with Gasteiger partial charge in [0.05, 0.1) is 6.20 Å². The molecular weight excluding hydrogens is 264 g/mol. The molecule has 1 heterocycles. The lowest BCUT2D eigenvalue weighted by atomic mass is 10.1. The fourth-order valence-electron chi connectivity index (χ4n) is 1.70. The average Bonchev–Trinajstić information content (AvgIpc) is 2.87.